The molecule has 4 rings (SSSR count). The average Bonchev–Trinajstić information content (AvgIpc) is 2.34. The van der Waals surface area contributed by atoms with E-state index in [2.05, 4.69) is 25.8 Å². The Hall–Kier alpha value is -0.530. The lowest BCUT2D eigenvalue weighted by atomic mass is 9.54. The number of nitrogens with zero attached hydrogens (tertiary/aromatic N) is 1. The van der Waals surface area contributed by atoms with Crippen molar-refractivity contribution in [3.05, 3.63) is 0 Å². The molecule has 2 heteroatoms. The fourth-order valence-corrected chi connectivity index (χ4v) is 5.28. The van der Waals surface area contributed by atoms with Crippen LogP contribution in [0.15, 0.2) is 0 Å². The Kier molecular flexibility index (Phi) is 3.61. The molecule has 4 aliphatic rings. The molecule has 0 saturated heterocycles. The maximum Gasteiger partial charge on any atom is 0.222 e. The molecular weight excluding hydrogens is 234 g/mol. The summed E-state index contributed by atoms with van der Waals surface area (Å²) in [6, 6.07) is 0.576. The lowest BCUT2D eigenvalue weighted by molar-refractivity contribution is -0.141. The number of carbonyl (C=O) groups excluding carboxylic acids is 1. The van der Waals surface area contributed by atoms with E-state index in [1.807, 2.05) is 0 Å². The Balaban J connectivity index is 1.63. The summed E-state index contributed by atoms with van der Waals surface area (Å²) in [4.78, 5) is 14.5. The minimum Gasteiger partial charge on any atom is -0.342 e. The molecule has 4 saturated carbocycles. The lowest BCUT2D eigenvalue weighted by Gasteiger charge is -2.56. The summed E-state index contributed by atoms with van der Waals surface area (Å²) in [6.45, 7) is 4.41. The average molecular weight is 263 g/mol. The van der Waals surface area contributed by atoms with E-state index in [1.165, 1.54) is 32.1 Å². The fraction of sp³-hybridized carbons (Fsp3) is 0.941. The zero-order valence-corrected chi connectivity index (χ0v) is 12.8. The second-order valence-corrected chi connectivity index (χ2v) is 7.86. The maximum atomic E-state index is 12.4. The van der Waals surface area contributed by atoms with E-state index in [0.29, 0.717) is 17.9 Å². The SMILES string of the molecule is CC(C)CCC(=O)N(C)C1C2CC3CC(C2)CC1C3. The summed E-state index contributed by atoms with van der Waals surface area (Å²) in [5.41, 5.74) is 0. The first-order valence-electron chi connectivity index (χ1n) is 8.30. The van der Waals surface area contributed by atoms with E-state index in [1.54, 1.807) is 0 Å². The van der Waals surface area contributed by atoms with Gasteiger partial charge in [0.25, 0.3) is 0 Å². The van der Waals surface area contributed by atoms with Gasteiger partial charge in [0, 0.05) is 19.5 Å². The zero-order valence-electron chi connectivity index (χ0n) is 12.8. The van der Waals surface area contributed by atoms with Gasteiger partial charge in [-0.15, -0.1) is 0 Å². The van der Waals surface area contributed by atoms with Gasteiger partial charge in [-0.2, -0.15) is 0 Å². The van der Waals surface area contributed by atoms with Crippen molar-refractivity contribution >= 4 is 5.91 Å². The van der Waals surface area contributed by atoms with Crippen molar-refractivity contribution in [1.82, 2.24) is 4.90 Å². The van der Waals surface area contributed by atoms with Gasteiger partial charge in [0.05, 0.1) is 0 Å². The summed E-state index contributed by atoms with van der Waals surface area (Å²) >= 11 is 0. The van der Waals surface area contributed by atoms with Crippen molar-refractivity contribution in [3.63, 3.8) is 0 Å². The molecule has 0 radical (unpaired) electrons. The van der Waals surface area contributed by atoms with Crippen molar-refractivity contribution in [1.29, 1.82) is 0 Å². The third-order valence-electron chi connectivity index (χ3n) is 5.95. The highest BCUT2D eigenvalue weighted by atomic mass is 16.2. The zero-order chi connectivity index (χ0) is 13.6. The molecule has 4 bridgehead atoms. The first kappa shape index (κ1) is 13.5. The van der Waals surface area contributed by atoms with Gasteiger partial charge >= 0.3 is 0 Å². The molecule has 0 atom stereocenters. The number of hydrogen-bond donors (Lipinski definition) is 0. The van der Waals surface area contributed by atoms with Gasteiger partial charge in [-0.3, -0.25) is 4.79 Å². The summed E-state index contributed by atoms with van der Waals surface area (Å²) in [6.07, 6.45) is 8.88. The van der Waals surface area contributed by atoms with Crippen LogP contribution in [-0.2, 0) is 4.79 Å². The van der Waals surface area contributed by atoms with Crippen molar-refractivity contribution in [3.8, 4) is 0 Å². The highest BCUT2D eigenvalue weighted by molar-refractivity contribution is 5.76. The Morgan fingerprint density at radius 2 is 1.58 bits per heavy atom. The van der Waals surface area contributed by atoms with E-state index in [4.69, 9.17) is 0 Å². The second-order valence-electron chi connectivity index (χ2n) is 7.86. The van der Waals surface area contributed by atoms with Crippen LogP contribution in [0.25, 0.3) is 0 Å². The Morgan fingerprint density at radius 3 is 2.05 bits per heavy atom. The molecule has 4 aliphatic carbocycles. The van der Waals surface area contributed by atoms with Crippen LogP contribution in [0.5, 0.6) is 0 Å². The van der Waals surface area contributed by atoms with Crippen LogP contribution >= 0.6 is 0 Å². The molecule has 0 aromatic rings. The number of rotatable bonds is 4. The van der Waals surface area contributed by atoms with Crippen molar-refractivity contribution in [2.24, 2.45) is 29.6 Å². The maximum absolute atomic E-state index is 12.4. The molecule has 0 spiro atoms. The van der Waals surface area contributed by atoms with Crippen LogP contribution < -0.4 is 0 Å². The first-order valence-corrected chi connectivity index (χ1v) is 8.30. The van der Waals surface area contributed by atoms with E-state index < -0.39 is 0 Å². The van der Waals surface area contributed by atoms with Gasteiger partial charge in [0.15, 0.2) is 0 Å². The van der Waals surface area contributed by atoms with Crippen LogP contribution in [0.3, 0.4) is 0 Å². The van der Waals surface area contributed by atoms with Crippen molar-refractivity contribution in [2.75, 3.05) is 7.05 Å². The van der Waals surface area contributed by atoms with Gasteiger partial charge in [-0.05, 0) is 68.1 Å². The van der Waals surface area contributed by atoms with Crippen LogP contribution in [0.2, 0.25) is 0 Å². The monoisotopic (exact) mass is 263 g/mol. The van der Waals surface area contributed by atoms with E-state index in [-0.39, 0.29) is 0 Å². The Morgan fingerprint density at radius 1 is 1.05 bits per heavy atom. The largest absolute Gasteiger partial charge is 0.342 e. The molecule has 0 N–H and O–H groups in total. The third kappa shape index (κ3) is 2.55. The van der Waals surface area contributed by atoms with Gasteiger partial charge in [0.1, 0.15) is 0 Å². The highest BCUT2D eigenvalue weighted by Crippen LogP contribution is 2.55. The summed E-state index contributed by atoms with van der Waals surface area (Å²) in [5, 5.41) is 0. The molecule has 2 nitrogen and oxygen atoms in total. The van der Waals surface area contributed by atoms with Crippen molar-refractivity contribution < 1.29 is 4.79 Å². The minimum atomic E-state index is 0.395. The lowest BCUT2D eigenvalue weighted by Crippen LogP contribution is -2.56. The number of carbonyl (C=O) groups is 1. The molecule has 4 fully saturated rings. The molecule has 0 aliphatic heterocycles. The summed E-state index contributed by atoms with van der Waals surface area (Å²) in [5.74, 6) is 4.67. The van der Waals surface area contributed by atoms with E-state index >= 15 is 0 Å². The molecule has 1 amide bonds. The molecule has 0 unspecified atom stereocenters. The van der Waals surface area contributed by atoms with Crippen LogP contribution in [-0.4, -0.2) is 23.9 Å². The standard InChI is InChI=1S/C17H29NO/c1-11(2)4-5-16(19)18(3)17-14-7-12-6-13(9-14)10-15(17)8-12/h11-15,17H,4-10H2,1-3H3. The second kappa shape index (κ2) is 5.10. The predicted octanol–water partition coefficient (Wildman–Crippen LogP) is 3.71. The van der Waals surface area contributed by atoms with Gasteiger partial charge in [-0.25, -0.2) is 0 Å². The fourth-order valence-electron chi connectivity index (χ4n) is 5.28. The molecule has 0 heterocycles. The summed E-state index contributed by atoms with van der Waals surface area (Å²) in [7, 11) is 2.08. The highest BCUT2D eigenvalue weighted by Gasteiger charge is 2.50. The Bertz CT molecular complexity index is 321. The van der Waals surface area contributed by atoms with E-state index in [0.717, 1.165) is 36.5 Å². The number of hydrogen-bond acceptors (Lipinski definition) is 1. The van der Waals surface area contributed by atoms with Crippen LogP contribution in [0.1, 0.15) is 58.8 Å². The van der Waals surface area contributed by atoms with Crippen molar-refractivity contribution in [2.45, 2.75) is 64.8 Å². The summed E-state index contributed by atoms with van der Waals surface area (Å²) < 4.78 is 0. The van der Waals surface area contributed by atoms with E-state index in [9.17, 15) is 4.79 Å². The molecular formula is C17H29NO. The van der Waals surface area contributed by atoms with Gasteiger partial charge < -0.3 is 4.90 Å². The third-order valence-corrected chi connectivity index (χ3v) is 5.95. The van der Waals surface area contributed by atoms with Crippen LogP contribution in [0.4, 0.5) is 0 Å². The number of amides is 1. The normalized spacial score (nSPS) is 39.9. The van der Waals surface area contributed by atoms with Gasteiger partial charge in [0.2, 0.25) is 5.91 Å². The molecule has 0 aromatic heterocycles. The minimum absolute atomic E-state index is 0.395. The molecule has 19 heavy (non-hydrogen) atoms. The Labute approximate surface area is 117 Å². The topological polar surface area (TPSA) is 20.3 Å². The smallest absolute Gasteiger partial charge is 0.222 e. The van der Waals surface area contributed by atoms with Crippen LogP contribution in [0, 0.1) is 29.6 Å². The predicted molar refractivity (Wildman–Crippen MR) is 77.7 cm³/mol. The quantitative estimate of drug-likeness (QED) is 0.757. The van der Waals surface area contributed by atoms with Gasteiger partial charge in [-0.1, -0.05) is 13.8 Å². The molecule has 0 aromatic carbocycles. The molecule has 108 valence electrons. The first-order chi connectivity index (χ1) is 9.04.